The number of nitrogens with zero attached hydrogens (tertiary/aromatic N) is 5. The van der Waals surface area contributed by atoms with Crippen LogP contribution in [0.15, 0.2) is 41.5 Å². The van der Waals surface area contributed by atoms with Gasteiger partial charge in [-0.3, -0.25) is 9.59 Å². The first-order chi connectivity index (χ1) is 15.0. The van der Waals surface area contributed by atoms with Crippen LogP contribution in [0.5, 0.6) is 0 Å². The lowest BCUT2D eigenvalue weighted by atomic mass is 10.3. The van der Waals surface area contributed by atoms with Gasteiger partial charge in [-0.2, -0.15) is 0 Å². The molecule has 3 aromatic rings. The Balaban J connectivity index is 0.000000295. The number of rotatable bonds is 3. The number of anilines is 1. The summed E-state index contributed by atoms with van der Waals surface area (Å²) in [7, 11) is 4.63. The number of hydrogen-bond donors (Lipinski definition) is 2. The van der Waals surface area contributed by atoms with Crippen molar-refractivity contribution in [3.63, 3.8) is 0 Å². The molecule has 0 spiro atoms. The first-order valence-corrected chi connectivity index (χ1v) is 10.3. The molecule has 0 amide bonds. The number of fused-ring (bicyclic) bond motifs is 1. The van der Waals surface area contributed by atoms with Gasteiger partial charge >= 0.3 is 0 Å². The Hall–Kier alpha value is -3.04. The van der Waals surface area contributed by atoms with Crippen molar-refractivity contribution in [1.29, 1.82) is 0 Å². The number of aliphatic hydroxyl groups is 1. The van der Waals surface area contributed by atoms with Crippen LogP contribution in [-0.2, 0) is 7.05 Å². The molecule has 0 unspecified atom stereocenters. The van der Waals surface area contributed by atoms with Gasteiger partial charge in [0.15, 0.2) is 11.9 Å². The van der Waals surface area contributed by atoms with Crippen LogP contribution in [0.1, 0.15) is 36.3 Å². The van der Waals surface area contributed by atoms with Gasteiger partial charge in [0.25, 0.3) is 5.56 Å². The largest absolute Gasteiger partial charge is 0.400 e. The van der Waals surface area contributed by atoms with Crippen molar-refractivity contribution in [2.45, 2.75) is 33.2 Å². The van der Waals surface area contributed by atoms with Gasteiger partial charge in [-0.05, 0) is 44.7 Å². The quantitative estimate of drug-likeness (QED) is 0.609. The average molecular weight is 431 g/mol. The number of imidazole rings is 1. The van der Waals surface area contributed by atoms with Crippen molar-refractivity contribution in [3.8, 4) is 0 Å². The van der Waals surface area contributed by atoms with E-state index in [1.807, 2.05) is 44.6 Å². The molecular formula is C22H34N6O3. The lowest BCUT2D eigenvalue weighted by Gasteiger charge is -2.17. The van der Waals surface area contributed by atoms with Crippen molar-refractivity contribution >= 4 is 17.8 Å². The summed E-state index contributed by atoms with van der Waals surface area (Å²) in [5, 5.41) is 15.0. The fraction of sp³-hybridized carbons (Fsp3) is 0.455. The Morgan fingerprint density at radius 2 is 1.94 bits per heavy atom. The van der Waals surface area contributed by atoms with Crippen molar-refractivity contribution in [2.75, 3.05) is 32.1 Å². The van der Waals surface area contributed by atoms with Crippen LogP contribution in [0, 0.1) is 6.92 Å². The van der Waals surface area contributed by atoms with E-state index >= 15 is 0 Å². The maximum absolute atomic E-state index is 10.9. The molecule has 0 bridgehead atoms. The average Bonchev–Trinajstić information content (AvgIpc) is 3.45. The van der Waals surface area contributed by atoms with E-state index in [2.05, 4.69) is 26.4 Å². The van der Waals surface area contributed by atoms with E-state index in [1.165, 1.54) is 17.1 Å². The predicted octanol–water partition coefficient (Wildman–Crippen LogP) is 1.67. The molecule has 170 valence electrons. The van der Waals surface area contributed by atoms with E-state index < -0.39 is 0 Å². The van der Waals surface area contributed by atoms with Crippen LogP contribution < -0.4 is 15.8 Å². The predicted molar refractivity (Wildman–Crippen MR) is 124 cm³/mol. The van der Waals surface area contributed by atoms with Crippen LogP contribution in [0.25, 0.3) is 5.65 Å². The molecule has 3 aromatic heterocycles. The summed E-state index contributed by atoms with van der Waals surface area (Å²) in [6.45, 7) is 8.12. The molecule has 4 heterocycles. The molecule has 0 aromatic carbocycles. The Bertz CT molecular complexity index is 998. The van der Waals surface area contributed by atoms with Crippen molar-refractivity contribution in [2.24, 2.45) is 7.05 Å². The molecule has 1 atom stereocenters. The van der Waals surface area contributed by atoms with E-state index in [9.17, 15) is 9.59 Å². The maximum Gasteiger partial charge on any atom is 0.260 e. The standard InChI is InChI=1S/C12H17N5.C7H7NO2.C2H6.CH4O/c1-9-7-14-11-3-4-12(15-17(9)11)16-6-5-10(8-16)13-2;1-8-4-2-3-6(5-9)7(8)10;2*1-2/h3-4,7,10,13H,5-6,8H2,1-2H3;2-5H,1H3;1-2H3;2H,1H3/t10-;;;/m0.../s1. The van der Waals surface area contributed by atoms with Gasteiger partial charge in [-0.25, -0.2) is 9.50 Å². The van der Waals surface area contributed by atoms with E-state index in [0.29, 0.717) is 12.3 Å². The molecule has 9 nitrogen and oxygen atoms in total. The van der Waals surface area contributed by atoms with E-state index in [-0.39, 0.29) is 11.1 Å². The second-order valence-corrected chi connectivity index (χ2v) is 6.58. The zero-order valence-corrected chi connectivity index (χ0v) is 19.2. The molecule has 9 heteroatoms. The van der Waals surface area contributed by atoms with Gasteiger partial charge < -0.3 is 19.9 Å². The molecule has 0 aliphatic carbocycles. The molecule has 0 radical (unpaired) electrons. The summed E-state index contributed by atoms with van der Waals surface area (Å²) in [4.78, 5) is 27.7. The minimum absolute atomic E-state index is 0.199. The summed E-state index contributed by atoms with van der Waals surface area (Å²) in [6.07, 6.45) is 5.20. The van der Waals surface area contributed by atoms with Crippen LogP contribution >= 0.6 is 0 Å². The number of nitrogens with one attached hydrogen (secondary N) is 1. The van der Waals surface area contributed by atoms with E-state index in [1.54, 1.807) is 19.3 Å². The Morgan fingerprint density at radius 1 is 1.23 bits per heavy atom. The fourth-order valence-corrected chi connectivity index (χ4v) is 3.06. The molecule has 0 saturated carbocycles. The molecule has 1 fully saturated rings. The zero-order chi connectivity index (χ0) is 23.4. The Morgan fingerprint density at radius 3 is 2.52 bits per heavy atom. The lowest BCUT2D eigenvalue weighted by molar-refractivity contribution is 0.112. The number of carbonyl (C=O) groups excluding carboxylic acids is 1. The summed E-state index contributed by atoms with van der Waals surface area (Å²) in [6, 6.07) is 7.82. The number of carbonyl (C=O) groups is 1. The molecule has 1 aliphatic heterocycles. The molecule has 4 rings (SSSR count). The highest BCUT2D eigenvalue weighted by molar-refractivity contribution is 5.73. The Labute approximate surface area is 183 Å². The summed E-state index contributed by atoms with van der Waals surface area (Å²) in [5.74, 6) is 1.04. The van der Waals surface area contributed by atoms with Crippen LogP contribution in [0.4, 0.5) is 5.82 Å². The summed E-state index contributed by atoms with van der Waals surface area (Å²) < 4.78 is 3.27. The number of aromatic nitrogens is 4. The zero-order valence-electron chi connectivity index (χ0n) is 19.2. The third-order valence-corrected chi connectivity index (χ3v) is 4.72. The minimum Gasteiger partial charge on any atom is -0.400 e. The van der Waals surface area contributed by atoms with Gasteiger partial charge in [0.1, 0.15) is 5.82 Å². The highest BCUT2D eigenvalue weighted by Gasteiger charge is 2.22. The van der Waals surface area contributed by atoms with Gasteiger partial charge in [-0.15, -0.1) is 5.10 Å². The molecule has 2 N–H and O–H groups in total. The van der Waals surface area contributed by atoms with Crippen molar-refractivity contribution < 1.29 is 9.90 Å². The van der Waals surface area contributed by atoms with E-state index in [0.717, 1.165) is 37.4 Å². The third kappa shape index (κ3) is 6.73. The minimum atomic E-state index is -0.252. The van der Waals surface area contributed by atoms with Crippen LogP contribution in [0.2, 0.25) is 0 Å². The second-order valence-electron chi connectivity index (χ2n) is 6.58. The van der Waals surface area contributed by atoms with E-state index in [4.69, 9.17) is 5.11 Å². The number of aldehydes is 1. The molecule has 1 saturated heterocycles. The van der Waals surface area contributed by atoms with Crippen LogP contribution in [0.3, 0.4) is 0 Å². The number of aryl methyl sites for hydroxylation is 2. The van der Waals surface area contributed by atoms with Gasteiger partial charge in [-0.1, -0.05) is 13.8 Å². The number of likely N-dealkylation sites (N-methyl/N-ethyl adjacent to an activating group) is 1. The number of aliphatic hydroxyl groups excluding tert-OH is 1. The summed E-state index contributed by atoms with van der Waals surface area (Å²) in [5.41, 5.74) is 1.93. The topological polar surface area (TPSA) is 105 Å². The highest BCUT2D eigenvalue weighted by Crippen LogP contribution is 2.18. The summed E-state index contributed by atoms with van der Waals surface area (Å²) >= 11 is 0. The number of pyridine rings is 1. The maximum atomic E-state index is 10.9. The number of hydrogen-bond acceptors (Lipinski definition) is 7. The second kappa shape index (κ2) is 13.3. The van der Waals surface area contributed by atoms with Gasteiger partial charge in [0.2, 0.25) is 0 Å². The first kappa shape index (κ1) is 26.0. The monoisotopic (exact) mass is 430 g/mol. The third-order valence-electron chi connectivity index (χ3n) is 4.72. The van der Waals surface area contributed by atoms with Crippen molar-refractivity contribution in [3.05, 3.63) is 58.3 Å². The highest BCUT2D eigenvalue weighted by atomic mass is 16.2. The molecule has 1 aliphatic rings. The first-order valence-electron chi connectivity index (χ1n) is 10.3. The smallest absolute Gasteiger partial charge is 0.260 e. The van der Waals surface area contributed by atoms with Crippen LogP contribution in [-0.4, -0.2) is 63.8 Å². The fourth-order valence-electron chi connectivity index (χ4n) is 3.06. The molecule has 31 heavy (non-hydrogen) atoms. The SMILES string of the molecule is CC.CN[C@H]1CCN(c2ccc3ncc(C)n3n2)C1.CO.Cn1cccc(C=O)c1=O. The van der Waals surface area contributed by atoms with Gasteiger partial charge in [0.05, 0.1) is 17.5 Å². The van der Waals surface area contributed by atoms with Crippen molar-refractivity contribution in [1.82, 2.24) is 24.5 Å². The van der Waals surface area contributed by atoms with Gasteiger partial charge in [0, 0.05) is 39.5 Å². The normalized spacial score (nSPS) is 14.5. The Kier molecular flexibility index (Phi) is 11.2. The lowest BCUT2D eigenvalue weighted by Crippen LogP contribution is -2.30. The molecular weight excluding hydrogens is 396 g/mol.